The minimum absolute atomic E-state index is 0.690. The quantitative estimate of drug-likeness (QED) is 0.851. The molecule has 0 saturated carbocycles. The summed E-state index contributed by atoms with van der Waals surface area (Å²) in [5.41, 5.74) is 0. The van der Waals surface area contributed by atoms with Gasteiger partial charge in [-0.05, 0) is 35.0 Å². The van der Waals surface area contributed by atoms with Crippen LogP contribution >= 0.6 is 15.9 Å². The Kier molecular flexibility index (Phi) is 3.98. The molecule has 0 atom stereocenters. The molecular weight excluding hydrogens is 322 g/mol. The van der Waals surface area contributed by atoms with Gasteiger partial charge in [-0.2, -0.15) is 4.98 Å². The van der Waals surface area contributed by atoms with Crippen molar-refractivity contribution in [1.82, 2.24) is 20.0 Å². The van der Waals surface area contributed by atoms with Gasteiger partial charge in [0.2, 0.25) is 5.89 Å². The number of hydrogen-bond acceptors (Lipinski definition) is 6. The molecule has 0 bridgehead atoms. The fourth-order valence-corrected chi connectivity index (χ4v) is 2.83. The van der Waals surface area contributed by atoms with E-state index in [-0.39, 0.29) is 0 Å². The number of hydrogen-bond donors (Lipinski definition) is 0. The Morgan fingerprint density at radius 1 is 1.30 bits per heavy atom. The molecule has 2 aromatic rings. The fourth-order valence-electron chi connectivity index (χ4n) is 2.32. The molecule has 3 rings (SSSR count). The smallest absolute Gasteiger partial charge is 0.240 e. The highest BCUT2D eigenvalue weighted by atomic mass is 79.9. The third-order valence-corrected chi connectivity index (χ3v) is 3.96. The molecule has 2 aromatic heterocycles. The number of rotatable bonds is 3. The van der Waals surface area contributed by atoms with Crippen molar-refractivity contribution in [2.75, 3.05) is 31.1 Å². The summed E-state index contributed by atoms with van der Waals surface area (Å²) in [6.07, 6.45) is 1.83. The van der Waals surface area contributed by atoms with Gasteiger partial charge in [0.05, 0.1) is 11.0 Å². The Balaban J connectivity index is 1.58. The fraction of sp³-hybridized carbons (Fsp3) is 0.462. The second-order valence-electron chi connectivity index (χ2n) is 4.81. The van der Waals surface area contributed by atoms with Gasteiger partial charge in [-0.1, -0.05) is 5.16 Å². The van der Waals surface area contributed by atoms with Crippen molar-refractivity contribution in [3.05, 3.63) is 34.5 Å². The molecule has 0 unspecified atom stereocenters. The molecule has 1 saturated heterocycles. The zero-order chi connectivity index (χ0) is 13.9. The number of aromatic nitrogens is 3. The Labute approximate surface area is 125 Å². The highest BCUT2D eigenvalue weighted by molar-refractivity contribution is 9.10. The van der Waals surface area contributed by atoms with Crippen LogP contribution in [-0.4, -0.2) is 46.2 Å². The maximum atomic E-state index is 5.16. The van der Waals surface area contributed by atoms with Gasteiger partial charge in [0.1, 0.15) is 5.82 Å². The number of nitrogens with zero attached hydrogens (tertiary/aromatic N) is 5. The lowest BCUT2D eigenvalue weighted by molar-refractivity contribution is 0.215. The van der Waals surface area contributed by atoms with Gasteiger partial charge in [-0.15, -0.1) is 0 Å². The Morgan fingerprint density at radius 3 is 2.75 bits per heavy atom. The van der Waals surface area contributed by atoms with Crippen LogP contribution in [0.4, 0.5) is 5.82 Å². The molecule has 6 nitrogen and oxygen atoms in total. The van der Waals surface area contributed by atoms with Gasteiger partial charge in [0.25, 0.3) is 0 Å². The van der Waals surface area contributed by atoms with E-state index in [0.717, 1.165) is 43.0 Å². The third-order valence-electron chi connectivity index (χ3n) is 3.34. The molecular formula is C13H16BrN5O. The average Bonchev–Trinajstić information content (AvgIpc) is 2.86. The molecule has 20 heavy (non-hydrogen) atoms. The summed E-state index contributed by atoms with van der Waals surface area (Å²) in [5.74, 6) is 2.40. The number of piperazine rings is 1. The molecule has 0 radical (unpaired) electrons. The number of anilines is 1. The first-order valence-corrected chi connectivity index (χ1v) is 7.38. The molecule has 3 heterocycles. The molecule has 1 aliphatic heterocycles. The lowest BCUT2D eigenvalue weighted by atomic mass is 10.3. The SMILES string of the molecule is Cc1noc(CN2CCN(c3ncccc3Br)CC2)n1. The Bertz CT molecular complexity index is 580. The van der Waals surface area contributed by atoms with Gasteiger partial charge in [-0.3, -0.25) is 4.90 Å². The third kappa shape index (κ3) is 2.99. The molecule has 1 fully saturated rings. The number of pyridine rings is 1. The van der Waals surface area contributed by atoms with Crippen LogP contribution in [0, 0.1) is 6.92 Å². The highest BCUT2D eigenvalue weighted by Gasteiger charge is 2.20. The molecule has 0 aromatic carbocycles. The second-order valence-corrected chi connectivity index (χ2v) is 5.66. The summed E-state index contributed by atoms with van der Waals surface area (Å²) in [6.45, 7) is 6.38. The van der Waals surface area contributed by atoms with Gasteiger partial charge in [0.15, 0.2) is 5.82 Å². The predicted octanol–water partition coefficient (Wildman–Crippen LogP) is 1.86. The molecule has 0 N–H and O–H groups in total. The van der Waals surface area contributed by atoms with E-state index in [1.165, 1.54) is 0 Å². The highest BCUT2D eigenvalue weighted by Crippen LogP contribution is 2.24. The lowest BCUT2D eigenvalue weighted by Gasteiger charge is -2.35. The van der Waals surface area contributed by atoms with E-state index < -0.39 is 0 Å². The van der Waals surface area contributed by atoms with Crippen LogP contribution in [0.1, 0.15) is 11.7 Å². The van der Waals surface area contributed by atoms with Crippen LogP contribution in [0.3, 0.4) is 0 Å². The topological polar surface area (TPSA) is 58.3 Å². The molecule has 0 spiro atoms. The van der Waals surface area contributed by atoms with Crippen molar-refractivity contribution >= 4 is 21.7 Å². The van der Waals surface area contributed by atoms with Crippen molar-refractivity contribution in [3.8, 4) is 0 Å². The zero-order valence-electron chi connectivity index (χ0n) is 11.3. The van der Waals surface area contributed by atoms with Gasteiger partial charge < -0.3 is 9.42 Å². The predicted molar refractivity (Wildman–Crippen MR) is 78.5 cm³/mol. The first-order chi connectivity index (χ1) is 9.72. The molecule has 0 aliphatic carbocycles. The molecule has 7 heteroatoms. The van der Waals surface area contributed by atoms with Gasteiger partial charge in [-0.25, -0.2) is 4.98 Å². The summed E-state index contributed by atoms with van der Waals surface area (Å²) in [7, 11) is 0. The standard InChI is InChI=1S/C13H16BrN5O/c1-10-16-12(20-17-10)9-18-5-7-19(8-6-18)13-11(14)3-2-4-15-13/h2-4H,5-9H2,1H3. The average molecular weight is 338 g/mol. The molecule has 1 aliphatic rings. The van der Waals surface area contributed by atoms with E-state index in [1.807, 2.05) is 25.3 Å². The summed E-state index contributed by atoms with van der Waals surface area (Å²) in [5, 5.41) is 3.82. The lowest BCUT2D eigenvalue weighted by Crippen LogP contribution is -2.46. The summed E-state index contributed by atoms with van der Waals surface area (Å²) >= 11 is 3.55. The van der Waals surface area contributed by atoms with E-state index in [0.29, 0.717) is 11.7 Å². The molecule has 106 valence electrons. The summed E-state index contributed by atoms with van der Waals surface area (Å²) in [6, 6.07) is 3.96. The van der Waals surface area contributed by atoms with Crippen molar-refractivity contribution in [2.45, 2.75) is 13.5 Å². The second kappa shape index (κ2) is 5.88. The van der Waals surface area contributed by atoms with Crippen molar-refractivity contribution < 1.29 is 4.52 Å². The van der Waals surface area contributed by atoms with Crippen LogP contribution in [-0.2, 0) is 6.54 Å². The summed E-state index contributed by atoms with van der Waals surface area (Å²) < 4.78 is 6.20. The van der Waals surface area contributed by atoms with Gasteiger partial charge >= 0.3 is 0 Å². The van der Waals surface area contributed by atoms with E-state index in [1.54, 1.807) is 0 Å². The maximum Gasteiger partial charge on any atom is 0.240 e. The minimum atomic E-state index is 0.690. The Morgan fingerprint density at radius 2 is 2.10 bits per heavy atom. The van der Waals surface area contributed by atoms with Crippen molar-refractivity contribution in [3.63, 3.8) is 0 Å². The minimum Gasteiger partial charge on any atom is -0.353 e. The van der Waals surface area contributed by atoms with E-state index in [9.17, 15) is 0 Å². The number of halogens is 1. The van der Waals surface area contributed by atoms with Crippen LogP contribution < -0.4 is 4.90 Å². The molecule has 0 amide bonds. The summed E-state index contributed by atoms with van der Waals surface area (Å²) in [4.78, 5) is 13.3. The van der Waals surface area contributed by atoms with E-state index in [4.69, 9.17) is 4.52 Å². The van der Waals surface area contributed by atoms with E-state index >= 15 is 0 Å². The van der Waals surface area contributed by atoms with Crippen molar-refractivity contribution in [1.29, 1.82) is 0 Å². The van der Waals surface area contributed by atoms with Crippen LogP contribution in [0.15, 0.2) is 27.3 Å². The monoisotopic (exact) mass is 337 g/mol. The number of aryl methyl sites for hydroxylation is 1. The Hall–Kier alpha value is -1.47. The van der Waals surface area contributed by atoms with Crippen LogP contribution in [0.2, 0.25) is 0 Å². The van der Waals surface area contributed by atoms with Crippen LogP contribution in [0.5, 0.6) is 0 Å². The first-order valence-electron chi connectivity index (χ1n) is 6.59. The zero-order valence-corrected chi connectivity index (χ0v) is 12.9. The normalized spacial score (nSPS) is 16.6. The van der Waals surface area contributed by atoms with Gasteiger partial charge in [0, 0.05) is 32.4 Å². The first kappa shape index (κ1) is 13.5. The van der Waals surface area contributed by atoms with E-state index in [2.05, 4.69) is 40.9 Å². The van der Waals surface area contributed by atoms with Crippen LogP contribution in [0.25, 0.3) is 0 Å². The van der Waals surface area contributed by atoms with Crippen molar-refractivity contribution in [2.24, 2.45) is 0 Å². The maximum absolute atomic E-state index is 5.16. The largest absolute Gasteiger partial charge is 0.353 e.